The molecule has 4 rings (SSSR count). The van der Waals surface area contributed by atoms with Crippen LogP contribution in [0, 0.1) is 0 Å². The van der Waals surface area contributed by atoms with Crippen LogP contribution in [0.4, 0.5) is 5.69 Å². The lowest BCUT2D eigenvalue weighted by atomic mass is 10.0. The van der Waals surface area contributed by atoms with E-state index in [2.05, 4.69) is 10.00 Å². The van der Waals surface area contributed by atoms with E-state index in [4.69, 9.17) is 13.9 Å². The summed E-state index contributed by atoms with van der Waals surface area (Å²) in [7, 11) is 1.91. The van der Waals surface area contributed by atoms with Crippen LogP contribution in [0.3, 0.4) is 0 Å². The molecule has 2 aromatic heterocycles. The number of ether oxygens (including phenoxy) is 2. The molecule has 2 aliphatic heterocycles. The Morgan fingerprint density at radius 1 is 1.36 bits per heavy atom. The molecule has 8 heteroatoms. The van der Waals surface area contributed by atoms with Crippen molar-refractivity contribution in [2.75, 3.05) is 44.4 Å². The lowest BCUT2D eigenvalue weighted by Gasteiger charge is -2.42. The van der Waals surface area contributed by atoms with Crippen molar-refractivity contribution in [1.82, 2.24) is 14.7 Å². The van der Waals surface area contributed by atoms with Gasteiger partial charge in [-0.3, -0.25) is 14.4 Å². The Hall–Kier alpha value is -2.16. The first-order valence-electron chi connectivity index (χ1n) is 8.38. The fraction of sp³-hybridized carbons (Fsp3) is 0.529. The molecule has 8 nitrogen and oxygen atoms in total. The molecule has 0 N–H and O–H groups in total. The molecule has 2 fully saturated rings. The van der Waals surface area contributed by atoms with Gasteiger partial charge in [-0.25, -0.2) is 0 Å². The summed E-state index contributed by atoms with van der Waals surface area (Å²) in [6.07, 6.45) is 7.05. The Morgan fingerprint density at radius 2 is 2.28 bits per heavy atom. The van der Waals surface area contributed by atoms with Crippen LogP contribution in [0.5, 0.6) is 0 Å². The van der Waals surface area contributed by atoms with Gasteiger partial charge in [-0.15, -0.1) is 0 Å². The second-order valence-electron chi connectivity index (χ2n) is 6.72. The summed E-state index contributed by atoms with van der Waals surface area (Å²) < 4.78 is 18.7. The van der Waals surface area contributed by atoms with Crippen LogP contribution in [0.2, 0.25) is 0 Å². The summed E-state index contributed by atoms with van der Waals surface area (Å²) in [5, 5.41) is 4.23. The van der Waals surface area contributed by atoms with Crippen molar-refractivity contribution in [1.29, 1.82) is 0 Å². The maximum absolute atomic E-state index is 12.3. The molecule has 0 saturated carbocycles. The van der Waals surface area contributed by atoms with E-state index in [9.17, 15) is 4.79 Å². The average Bonchev–Trinajstić information content (AvgIpc) is 3.22. The number of anilines is 1. The van der Waals surface area contributed by atoms with Gasteiger partial charge in [0.25, 0.3) is 5.91 Å². The number of nitrogens with zero attached hydrogens (tertiary/aromatic N) is 4. The monoisotopic (exact) mass is 346 g/mol. The molecule has 1 spiro atoms. The number of hydrogen-bond donors (Lipinski definition) is 0. The topological polar surface area (TPSA) is 73.0 Å². The third kappa shape index (κ3) is 3.46. The van der Waals surface area contributed by atoms with Gasteiger partial charge in [-0.05, 0) is 0 Å². The highest BCUT2D eigenvalue weighted by molar-refractivity contribution is 5.95. The van der Waals surface area contributed by atoms with Crippen molar-refractivity contribution in [2.45, 2.75) is 12.1 Å². The first kappa shape index (κ1) is 16.3. The summed E-state index contributed by atoms with van der Waals surface area (Å²) in [6, 6.07) is 1.79. The quantitative estimate of drug-likeness (QED) is 0.812. The van der Waals surface area contributed by atoms with Gasteiger partial charge in [0.1, 0.15) is 18.5 Å². The Balaban J connectivity index is 1.51. The highest BCUT2D eigenvalue weighted by Crippen LogP contribution is 2.27. The van der Waals surface area contributed by atoms with Gasteiger partial charge >= 0.3 is 0 Å². The van der Waals surface area contributed by atoms with Crippen LogP contribution in [0.25, 0.3) is 0 Å². The zero-order valence-corrected chi connectivity index (χ0v) is 14.3. The number of amides is 1. The van der Waals surface area contributed by atoms with Crippen molar-refractivity contribution in [3.05, 3.63) is 36.5 Å². The van der Waals surface area contributed by atoms with Gasteiger partial charge < -0.3 is 18.8 Å². The molecule has 1 amide bonds. The standard InChI is InChI=1S/C17H22N4O4/c1-19-7-14(6-18-19)8-20-3-5-24-13-17(11-20)12-21(16(22)10-25-17)15-2-4-23-9-15/h2,4,6-7,9H,3,5,8,10-13H2,1H3/t17-/m0/s1. The Kier molecular flexibility index (Phi) is 4.32. The van der Waals surface area contributed by atoms with Crippen molar-refractivity contribution in [3.63, 3.8) is 0 Å². The van der Waals surface area contributed by atoms with Gasteiger partial charge in [-0.2, -0.15) is 5.10 Å². The number of carbonyl (C=O) groups is 1. The van der Waals surface area contributed by atoms with Crippen molar-refractivity contribution >= 4 is 11.6 Å². The molecule has 2 aliphatic rings. The number of rotatable bonds is 3. The molecule has 0 unspecified atom stereocenters. The maximum atomic E-state index is 12.3. The molecule has 2 aromatic rings. The minimum absolute atomic E-state index is 0.0509. The summed E-state index contributed by atoms with van der Waals surface area (Å²) in [5.74, 6) is -0.0601. The smallest absolute Gasteiger partial charge is 0.253 e. The third-order valence-electron chi connectivity index (χ3n) is 4.66. The van der Waals surface area contributed by atoms with Gasteiger partial charge in [0.2, 0.25) is 0 Å². The molecule has 134 valence electrons. The van der Waals surface area contributed by atoms with Crippen molar-refractivity contribution in [2.24, 2.45) is 7.05 Å². The lowest BCUT2D eigenvalue weighted by Crippen LogP contribution is -2.60. The van der Waals surface area contributed by atoms with Gasteiger partial charge in [-0.1, -0.05) is 0 Å². The molecule has 1 atom stereocenters. The van der Waals surface area contributed by atoms with Crippen LogP contribution < -0.4 is 4.90 Å². The molecule has 0 radical (unpaired) electrons. The number of morpholine rings is 1. The van der Waals surface area contributed by atoms with Crippen LogP contribution in [0.15, 0.2) is 35.4 Å². The number of furan rings is 1. The average molecular weight is 346 g/mol. The van der Waals surface area contributed by atoms with Gasteiger partial charge in [0, 0.05) is 44.5 Å². The second kappa shape index (κ2) is 6.62. The summed E-state index contributed by atoms with van der Waals surface area (Å²) in [4.78, 5) is 16.3. The lowest BCUT2D eigenvalue weighted by molar-refractivity contribution is -0.146. The number of carbonyl (C=O) groups excluding carboxylic acids is 1. The highest BCUT2D eigenvalue weighted by atomic mass is 16.6. The Labute approximate surface area is 145 Å². The predicted octanol–water partition coefficient (Wildman–Crippen LogP) is 0.647. The van der Waals surface area contributed by atoms with Crippen LogP contribution in [0.1, 0.15) is 5.56 Å². The fourth-order valence-corrected chi connectivity index (χ4v) is 3.47. The van der Waals surface area contributed by atoms with E-state index in [1.807, 2.05) is 19.4 Å². The number of hydrogen-bond acceptors (Lipinski definition) is 6. The SMILES string of the molecule is Cn1cc(CN2CCOC[C@]3(C2)CN(c2ccoc2)C(=O)CO3)cn1. The molecular weight excluding hydrogens is 324 g/mol. The predicted molar refractivity (Wildman–Crippen MR) is 89.0 cm³/mol. The molecule has 25 heavy (non-hydrogen) atoms. The van der Waals surface area contributed by atoms with E-state index >= 15 is 0 Å². The number of aromatic nitrogens is 2. The fourth-order valence-electron chi connectivity index (χ4n) is 3.47. The second-order valence-corrected chi connectivity index (χ2v) is 6.72. The highest BCUT2D eigenvalue weighted by Gasteiger charge is 2.43. The van der Waals surface area contributed by atoms with E-state index in [0.717, 1.165) is 24.3 Å². The van der Waals surface area contributed by atoms with E-state index in [1.165, 1.54) is 0 Å². The van der Waals surface area contributed by atoms with Crippen molar-refractivity contribution < 1.29 is 18.7 Å². The van der Waals surface area contributed by atoms with E-state index < -0.39 is 5.60 Å². The molecule has 4 heterocycles. The maximum Gasteiger partial charge on any atom is 0.253 e. The molecular formula is C17H22N4O4. The first-order valence-corrected chi connectivity index (χ1v) is 8.38. The summed E-state index contributed by atoms with van der Waals surface area (Å²) in [6.45, 7) is 3.92. The first-order chi connectivity index (χ1) is 12.1. The third-order valence-corrected chi connectivity index (χ3v) is 4.66. The normalized spacial score (nSPS) is 25.5. The van der Waals surface area contributed by atoms with Crippen LogP contribution in [-0.4, -0.2) is 65.6 Å². The largest absolute Gasteiger partial charge is 0.470 e. The molecule has 0 aliphatic carbocycles. The minimum Gasteiger partial charge on any atom is -0.470 e. The van der Waals surface area contributed by atoms with Crippen LogP contribution in [-0.2, 0) is 27.9 Å². The zero-order valence-electron chi connectivity index (χ0n) is 14.3. The van der Waals surface area contributed by atoms with E-state index in [0.29, 0.717) is 26.3 Å². The zero-order chi connectivity index (χ0) is 17.3. The summed E-state index contributed by atoms with van der Waals surface area (Å²) in [5.41, 5.74) is 1.37. The van der Waals surface area contributed by atoms with E-state index in [-0.39, 0.29) is 12.5 Å². The Morgan fingerprint density at radius 3 is 3.04 bits per heavy atom. The number of aryl methyl sites for hydroxylation is 1. The molecule has 0 bridgehead atoms. The van der Waals surface area contributed by atoms with Gasteiger partial charge in [0.15, 0.2) is 0 Å². The van der Waals surface area contributed by atoms with Crippen LogP contribution >= 0.6 is 0 Å². The van der Waals surface area contributed by atoms with E-state index in [1.54, 1.807) is 28.2 Å². The Bertz CT molecular complexity index is 729. The van der Waals surface area contributed by atoms with Crippen molar-refractivity contribution in [3.8, 4) is 0 Å². The molecule has 0 aromatic carbocycles. The summed E-state index contributed by atoms with van der Waals surface area (Å²) >= 11 is 0. The molecule has 2 saturated heterocycles. The van der Waals surface area contributed by atoms with Gasteiger partial charge in [0.05, 0.1) is 37.9 Å². The minimum atomic E-state index is -0.538.